The summed E-state index contributed by atoms with van der Waals surface area (Å²) in [5, 5.41) is 4.89. The fourth-order valence-corrected chi connectivity index (χ4v) is 2.82. The van der Waals surface area contributed by atoms with Crippen molar-refractivity contribution in [3.63, 3.8) is 0 Å². The topological polar surface area (TPSA) is 58.6 Å². The van der Waals surface area contributed by atoms with Crippen molar-refractivity contribution < 1.29 is 14.3 Å². The molecule has 5 heteroatoms. The zero-order valence-corrected chi connectivity index (χ0v) is 16.3. The number of amides is 2. The average molecular weight is 376 g/mol. The van der Waals surface area contributed by atoms with Crippen molar-refractivity contribution in [3.05, 3.63) is 72.3 Å². The number of benzene rings is 3. The molecule has 0 aromatic heterocycles. The van der Waals surface area contributed by atoms with Crippen LogP contribution >= 0.6 is 0 Å². The lowest BCUT2D eigenvalue weighted by Crippen LogP contribution is -2.30. The average Bonchev–Trinajstić information content (AvgIpc) is 2.69. The maximum absolute atomic E-state index is 12.5. The lowest BCUT2D eigenvalue weighted by atomic mass is 10.1. The Morgan fingerprint density at radius 3 is 2.36 bits per heavy atom. The summed E-state index contributed by atoms with van der Waals surface area (Å²) >= 11 is 0. The molecule has 0 aliphatic carbocycles. The van der Waals surface area contributed by atoms with Crippen LogP contribution in [0.1, 0.15) is 12.5 Å². The Labute approximate surface area is 164 Å². The maximum atomic E-state index is 12.5. The Balaban J connectivity index is 1.63. The van der Waals surface area contributed by atoms with Gasteiger partial charge in [-0.15, -0.1) is 0 Å². The first kappa shape index (κ1) is 19.4. The Morgan fingerprint density at radius 1 is 0.964 bits per heavy atom. The van der Waals surface area contributed by atoms with Gasteiger partial charge in [0.1, 0.15) is 5.75 Å². The lowest BCUT2D eigenvalue weighted by molar-refractivity contribution is -0.128. The third-order valence-corrected chi connectivity index (χ3v) is 4.50. The standard InChI is InChI=1S/C23H24N2O3/c1-16(28-21-10-6-8-18-7-4-5-9-20(18)21)23(27)24-19-13-11-17(12-14-19)15-22(26)25(2)3/h4-14,16H,15H2,1-3H3,(H,24,27)/t16-/m1/s1. The molecule has 28 heavy (non-hydrogen) atoms. The monoisotopic (exact) mass is 376 g/mol. The molecule has 0 saturated carbocycles. The molecule has 0 fully saturated rings. The van der Waals surface area contributed by atoms with Crippen LogP contribution in [0.4, 0.5) is 5.69 Å². The number of carbonyl (C=O) groups excluding carboxylic acids is 2. The summed E-state index contributed by atoms with van der Waals surface area (Å²) < 4.78 is 5.90. The van der Waals surface area contributed by atoms with Gasteiger partial charge in [-0.2, -0.15) is 0 Å². The normalized spacial score (nSPS) is 11.7. The van der Waals surface area contributed by atoms with E-state index >= 15 is 0 Å². The molecular weight excluding hydrogens is 352 g/mol. The summed E-state index contributed by atoms with van der Waals surface area (Å²) in [6, 6.07) is 21.0. The predicted molar refractivity (Wildman–Crippen MR) is 112 cm³/mol. The van der Waals surface area contributed by atoms with Crippen LogP contribution in [0.15, 0.2) is 66.7 Å². The van der Waals surface area contributed by atoms with Gasteiger partial charge in [0, 0.05) is 25.2 Å². The molecule has 0 bridgehead atoms. The molecule has 0 spiro atoms. The minimum Gasteiger partial charge on any atom is -0.480 e. The second kappa shape index (κ2) is 8.57. The Kier molecular flexibility index (Phi) is 5.94. The number of carbonyl (C=O) groups is 2. The van der Waals surface area contributed by atoms with Crippen LogP contribution in [0.5, 0.6) is 5.75 Å². The molecule has 0 aliphatic heterocycles. The zero-order chi connectivity index (χ0) is 20.1. The second-order valence-electron chi connectivity index (χ2n) is 6.89. The zero-order valence-electron chi connectivity index (χ0n) is 16.3. The van der Waals surface area contributed by atoms with Crippen LogP contribution in [0.3, 0.4) is 0 Å². The summed E-state index contributed by atoms with van der Waals surface area (Å²) in [6.07, 6.45) is -0.317. The summed E-state index contributed by atoms with van der Waals surface area (Å²) in [7, 11) is 3.46. The van der Waals surface area contributed by atoms with E-state index < -0.39 is 6.10 Å². The van der Waals surface area contributed by atoms with Crippen molar-refractivity contribution >= 4 is 28.3 Å². The van der Waals surface area contributed by atoms with Crippen molar-refractivity contribution in [3.8, 4) is 5.75 Å². The number of hydrogen-bond donors (Lipinski definition) is 1. The van der Waals surface area contributed by atoms with Gasteiger partial charge in [-0.05, 0) is 36.1 Å². The van der Waals surface area contributed by atoms with Gasteiger partial charge < -0.3 is 15.0 Å². The first-order valence-electron chi connectivity index (χ1n) is 9.18. The smallest absolute Gasteiger partial charge is 0.265 e. The summed E-state index contributed by atoms with van der Waals surface area (Å²) in [4.78, 5) is 25.8. The molecule has 0 radical (unpaired) electrons. The predicted octanol–water partition coefficient (Wildman–Crippen LogP) is 3.88. The fourth-order valence-electron chi connectivity index (χ4n) is 2.82. The van der Waals surface area contributed by atoms with Gasteiger partial charge >= 0.3 is 0 Å². The molecule has 0 heterocycles. The quantitative estimate of drug-likeness (QED) is 0.710. The minimum atomic E-state index is -0.652. The molecule has 3 aromatic carbocycles. The molecule has 0 saturated heterocycles. The van der Waals surface area contributed by atoms with Crippen molar-refractivity contribution in [2.45, 2.75) is 19.4 Å². The van der Waals surface area contributed by atoms with Crippen LogP contribution in [-0.4, -0.2) is 36.9 Å². The van der Waals surface area contributed by atoms with E-state index in [2.05, 4.69) is 5.32 Å². The van der Waals surface area contributed by atoms with Crippen LogP contribution in [0, 0.1) is 0 Å². The number of nitrogens with one attached hydrogen (secondary N) is 1. The molecule has 3 rings (SSSR count). The second-order valence-corrected chi connectivity index (χ2v) is 6.89. The number of fused-ring (bicyclic) bond motifs is 1. The molecule has 0 unspecified atom stereocenters. The summed E-state index contributed by atoms with van der Waals surface area (Å²) in [6.45, 7) is 1.72. The molecule has 0 aliphatic rings. The van der Waals surface area contributed by atoms with Crippen LogP contribution < -0.4 is 10.1 Å². The molecule has 3 aromatic rings. The molecule has 1 atom stereocenters. The van der Waals surface area contributed by atoms with Crippen molar-refractivity contribution in [2.24, 2.45) is 0 Å². The largest absolute Gasteiger partial charge is 0.480 e. The highest BCUT2D eigenvalue weighted by atomic mass is 16.5. The minimum absolute atomic E-state index is 0.0360. The summed E-state index contributed by atoms with van der Waals surface area (Å²) in [5.41, 5.74) is 1.57. The molecule has 1 N–H and O–H groups in total. The highest BCUT2D eigenvalue weighted by Crippen LogP contribution is 2.26. The number of ether oxygens (including phenoxy) is 1. The van der Waals surface area contributed by atoms with E-state index in [1.54, 1.807) is 38.1 Å². The van der Waals surface area contributed by atoms with Gasteiger partial charge in [-0.3, -0.25) is 9.59 Å². The van der Waals surface area contributed by atoms with E-state index in [0.29, 0.717) is 17.9 Å². The van der Waals surface area contributed by atoms with Crippen LogP contribution in [0.25, 0.3) is 10.8 Å². The van der Waals surface area contributed by atoms with Crippen LogP contribution in [-0.2, 0) is 16.0 Å². The molecule has 144 valence electrons. The number of likely N-dealkylation sites (N-methyl/N-ethyl adjacent to an activating group) is 1. The number of nitrogens with zero attached hydrogens (tertiary/aromatic N) is 1. The Morgan fingerprint density at radius 2 is 1.64 bits per heavy atom. The first-order chi connectivity index (χ1) is 13.4. The molecule has 5 nitrogen and oxygen atoms in total. The highest BCUT2D eigenvalue weighted by Gasteiger charge is 2.16. The van der Waals surface area contributed by atoms with Gasteiger partial charge in [0.25, 0.3) is 5.91 Å². The number of hydrogen-bond acceptors (Lipinski definition) is 3. The van der Waals surface area contributed by atoms with E-state index in [0.717, 1.165) is 16.3 Å². The van der Waals surface area contributed by atoms with Crippen molar-refractivity contribution in [1.29, 1.82) is 0 Å². The lowest BCUT2D eigenvalue weighted by Gasteiger charge is -2.16. The van der Waals surface area contributed by atoms with E-state index in [9.17, 15) is 9.59 Å². The number of anilines is 1. The van der Waals surface area contributed by atoms with Gasteiger partial charge in [0.05, 0.1) is 6.42 Å². The van der Waals surface area contributed by atoms with E-state index in [-0.39, 0.29) is 11.8 Å². The third kappa shape index (κ3) is 4.68. The maximum Gasteiger partial charge on any atom is 0.265 e. The fraction of sp³-hybridized carbons (Fsp3) is 0.217. The van der Waals surface area contributed by atoms with Gasteiger partial charge in [-0.1, -0.05) is 48.5 Å². The van der Waals surface area contributed by atoms with E-state index in [1.165, 1.54) is 0 Å². The van der Waals surface area contributed by atoms with Gasteiger partial charge in [0.2, 0.25) is 5.91 Å². The third-order valence-electron chi connectivity index (χ3n) is 4.50. The summed E-state index contributed by atoms with van der Waals surface area (Å²) in [5.74, 6) is 0.484. The van der Waals surface area contributed by atoms with Crippen LogP contribution in [0.2, 0.25) is 0 Å². The molecular formula is C23H24N2O3. The SMILES string of the molecule is C[C@@H](Oc1cccc2ccccc12)C(=O)Nc1ccc(CC(=O)N(C)C)cc1. The Bertz CT molecular complexity index is 975. The van der Waals surface area contributed by atoms with Gasteiger partial charge in [0.15, 0.2) is 6.10 Å². The van der Waals surface area contributed by atoms with E-state index in [4.69, 9.17) is 4.74 Å². The van der Waals surface area contributed by atoms with Crippen molar-refractivity contribution in [1.82, 2.24) is 4.90 Å². The molecule has 2 amide bonds. The van der Waals surface area contributed by atoms with Crippen molar-refractivity contribution in [2.75, 3.05) is 19.4 Å². The van der Waals surface area contributed by atoms with E-state index in [1.807, 2.05) is 54.6 Å². The first-order valence-corrected chi connectivity index (χ1v) is 9.18. The van der Waals surface area contributed by atoms with Gasteiger partial charge in [-0.25, -0.2) is 0 Å². The number of rotatable bonds is 6. The highest BCUT2D eigenvalue weighted by molar-refractivity contribution is 5.95. The Hall–Kier alpha value is -3.34.